The van der Waals surface area contributed by atoms with E-state index in [-0.39, 0.29) is 11.8 Å². The van der Waals surface area contributed by atoms with Crippen LogP contribution in [0.5, 0.6) is 0 Å². The summed E-state index contributed by atoms with van der Waals surface area (Å²) in [6, 6.07) is 10.2. The highest BCUT2D eigenvalue weighted by Crippen LogP contribution is 2.47. The minimum Gasteiger partial charge on any atom is -0.368 e. The number of amides is 1. The van der Waals surface area contributed by atoms with Crippen molar-refractivity contribution in [3.05, 3.63) is 48.4 Å². The summed E-state index contributed by atoms with van der Waals surface area (Å²) in [5.41, 5.74) is 2.03. The van der Waals surface area contributed by atoms with Crippen molar-refractivity contribution in [2.24, 2.45) is 13.0 Å². The minimum absolute atomic E-state index is 0.103. The van der Waals surface area contributed by atoms with Crippen molar-refractivity contribution in [2.75, 3.05) is 18.4 Å². The lowest BCUT2D eigenvalue weighted by Gasteiger charge is -2.08. The summed E-state index contributed by atoms with van der Waals surface area (Å²) in [7, 11) is 1.85. The summed E-state index contributed by atoms with van der Waals surface area (Å²) in [4.78, 5) is 20.7. The highest BCUT2D eigenvalue weighted by atomic mass is 16.2. The normalized spacial score (nSPS) is 18.9. The molecule has 0 bridgehead atoms. The number of benzene rings is 1. The van der Waals surface area contributed by atoms with Crippen LogP contribution in [0.1, 0.15) is 17.9 Å². The van der Waals surface area contributed by atoms with Gasteiger partial charge in [-0.1, -0.05) is 30.3 Å². The molecule has 25 heavy (non-hydrogen) atoms. The van der Waals surface area contributed by atoms with E-state index in [2.05, 4.69) is 37.8 Å². The molecule has 2 unspecified atom stereocenters. The van der Waals surface area contributed by atoms with Crippen LogP contribution in [0.25, 0.3) is 11.0 Å². The molecule has 2 N–H and O–H groups in total. The third-order valence-electron chi connectivity index (χ3n) is 4.60. The monoisotopic (exact) mass is 336 g/mol. The first-order chi connectivity index (χ1) is 12.2. The molecule has 128 valence electrons. The first kappa shape index (κ1) is 15.6. The average Bonchev–Trinajstić information content (AvgIpc) is 3.37. The molecule has 1 aliphatic rings. The lowest BCUT2D eigenvalue weighted by atomic mass is 10.1. The third-order valence-corrected chi connectivity index (χ3v) is 4.60. The zero-order valence-corrected chi connectivity index (χ0v) is 14.0. The zero-order chi connectivity index (χ0) is 17.2. The van der Waals surface area contributed by atoms with Crippen molar-refractivity contribution in [2.45, 2.75) is 12.3 Å². The number of nitrogens with one attached hydrogen (secondary N) is 2. The fourth-order valence-electron chi connectivity index (χ4n) is 3.15. The molecular weight excluding hydrogens is 316 g/mol. The van der Waals surface area contributed by atoms with Gasteiger partial charge in [0, 0.05) is 26.1 Å². The molecule has 7 heteroatoms. The standard InChI is InChI=1S/C18H20N6O/c1-24-17-15(10-23-24)16(21-11-22-17)19-7-8-20-18(25)14-9-13(14)12-5-3-2-4-6-12/h2-6,10-11,13-14H,7-9H2,1H3,(H,20,25)(H,19,21,22). The Kier molecular flexibility index (Phi) is 4.05. The van der Waals surface area contributed by atoms with Crippen LogP contribution in [-0.2, 0) is 11.8 Å². The molecule has 0 spiro atoms. The van der Waals surface area contributed by atoms with Crippen LogP contribution < -0.4 is 10.6 Å². The Morgan fingerprint density at radius 2 is 2.08 bits per heavy atom. The summed E-state index contributed by atoms with van der Waals surface area (Å²) >= 11 is 0. The maximum absolute atomic E-state index is 12.2. The minimum atomic E-state index is 0.103. The summed E-state index contributed by atoms with van der Waals surface area (Å²) in [5, 5.41) is 11.3. The predicted octanol–water partition coefficient (Wildman–Crippen LogP) is 1.70. The number of rotatable bonds is 6. The van der Waals surface area contributed by atoms with Crippen LogP contribution in [0.4, 0.5) is 5.82 Å². The molecule has 0 saturated heterocycles. The van der Waals surface area contributed by atoms with Crippen molar-refractivity contribution in [3.8, 4) is 0 Å². The molecule has 4 rings (SSSR count). The first-order valence-corrected chi connectivity index (χ1v) is 8.43. The van der Waals surface area contributed by atoms with Crippen molar-refractivity contribution >= 4 is 22.8 Å². The van der Waals surface area contributed by atoms with Gasteiger partial charge in [0.05, 0.1) is 11.6 Å². The van der Waals surface area contributed by atoms with Crippen LogP contribution in [0.3, 0.4) is 0 Å². The van der Waals surface area contributed by atoms with E-state index in [4.69, 9.17) is 0 Å². The number of aryl methyl sites for hydroxylation is 1. The highest BCUT2D eigenvalue weighted by molar-refractivity contribution is 5.86. The number of carbonyl (C=O) groups is 1. The van der Waals surface area contributed by atoms with E-state index >= 15 is 0 Å². The van der Waals surface area contributed by atoms with Crippen LogP contribution in [0.2, 0.25) is 0 Å². The largest absolute Gasteiger partial charge is 0.368 e. The second kappa shape index (κ2) is 6.51. The third kappa shape index (κ3) is 3.17. The van der Waals surface area contributed by atoms with Crippen LogP contribution >= 0.6 is 0 Å². The Morgan fingerprint density at radius 3 is 2.92 bits per heavy atom. The average molecular weight is 336 g/mol. The molecule has 1 fully saturated rings. The van der Waals surface area contributed by atoms with Gasteiger partial charge in [-0.2, -0.15) is 5.10 Å². The van der Waals surface area contributed by atoms with Crippen LogP contribution in [0, 0.1) is 5.92 Å². The molecular formula is C18H20N6O. The molecule has 2 aromatic heterocycles. The molecule has 1 amide bonds. The van der Waals surface area contributed by atoms with E-state index < -0.39 is 0 Å². The Labute approximate surface area is 145 Å². The maximum Gasteiger partial charge on any atom is 0.223 e. The molecule has 7 nitrogen and oxygen atoms in total. The van der Waals surface area contributed by atoms with Crippen molar-refractivity contribution < 1.29 is 4.79 Å². The number of fused-ring (bicyclic) bond motifs is 1. The second-order valence-corrected chi connectivity index (χ2v) is 6.30. The number of anilines is 1. The van der Waals surface area contributed by atoms with Crippen molar-refractivity contribution in [1.29, 1.82) is 0 Å². The Balaban J connectivity index is 1.26. The van der Waals surface area contributed by atoms with Crippen molar-refractivity contribution in [3.63, 3.8) is 0 Å². The Morgan fingerprint density at radius 1 is 1.24 bits per heavy atom. The van der Waals surface area contributed by atoms with Gasteiger partial charge in [0.15, 0.2) is 5.65 Å². The Bertz CT molecular complexity index is 891. The zero-order valence-electron chi connectivity index (χ0n) is 14.0. The van der Waals surface area contributed by atoms with E-state index in [0.29, 0.717) is 19.0 Å². The summed E-state index contributed by atoms with van der Waals surface area (Å²) in [6.07, 6.45) is 4.19. The van der Waals surface area contributed by atoms with Crippen molar-refractivity contribution in [1.82, 2.24) is 25.1 Å². The topological polar surface area (TPSA) is 84.7 Å². The van der Waals surface area contributed by atoms with Gasteiger partial charge in [-0.3, -0.25) is 9.48 Å². The fourth-order valence-corrected chi connectivity index (χ4v) is 3.15. The number of hydrogen-bond donors (Lipinski definition) is 2. The molecule has 1 aromatic carbocycles. The second-order valence-electron chi connectivity index (χ2n) is 6.30. The molecule has 0 aliphatic heterocycles. The molecule has 3 aromatic rings. The van der Waals surface area contributed by atoms with Gasteiger partial charge < -0.3 is 10.6 Å². The number of carbonyl (C=O) groups excluding carboxylic acids is 1. The SMILES string of the molecule is Cn1ncc2c(NCCNC(=O)C3CC3c3ccccc3)ncnc21. The summed E-state index contributed by atoms with van der Waals surface area (Å²) in [6.45, 7) is 1.16. The van der Waals surface area contributed by atoms with Gasteiger partial charge in [-0.05, 0) is 17.9 Å². The Hall–Kier alpha value is -2.96. The lowest BCUT2D eigenvalue weighted by molar-refractivity contribution is -0.122. The molecule has 1 saturated carbocycles. The van der Waals surface area contributed by atoms with Crippen LogP contribution in [0.15, 0.2) is 42.9 Å². The molecule has 0 radical (unpaired) electrons. The first-order valence-electron chi connectivity index (χ1n) is 8.43. The van der Waals surface area contributed by atoms with E-state index in [1.165, 1.54) is 11.9 Å². The maximum atomic E-state index is 12.2. The predicted molar refractivity (Wildman–Crippen MR) is 95.1 cm³/mol. The molecule has 2 atom stereocenters. The van der Waals surface area contributed by atoms with E-state index in [9.17, 15) is 4.79 Å². The number of aromatic nitrogens is 4. The summed E-state index contributed by atoms with van der Waals surface area (Å²) < 4.78 is 1.71. The van der Waals surface area contributed by atoms with Gasteiger partial charge >= 0.3 is 0 Å². The van der Waals surface area contributed by atoms with E-state index in [0.717, 1.165) is 23.3 Å². The highest BCUT2D eigenvalue weighted by Gasteiger charge is 2.43. The lowest BCUT2D eigenvalue weighted by Crippen LogP contribution is -2.30. The van der Waals surface area contributed by atoms with Gasteiger partial charge in [-0.15, -0.1) is 0 Å². The molecule has 1 aliphatic carbocycles. The van der Waals surface area contributed by atoms with Gasteiger partial charge in [-0.25, -0.2) is 9.97 Å². The number of hydrogen-bond acceptors (Lipinski definition) is 5. The summed E-state index contributed by atoms with van der Waals surface area (Å²) in [5.74, 6) is 1.34. The van der Waals surface area contributed by atoms with Gasteiger partial charge in [0.1, 0.15) is 12.1 Å². The van der Waals surface area contributed by atoms with Gasteiger partial charge in [0.2, 0.25) is 5.91 Å². The quantitative estimate of drug-likeness (QED) is 0.669. The van der Waals surface area contributed by atoms with E-state index in [1.54, 1.807) is 10.9 Å². The number of nitrogens with zero attached hydrogens (tertiary/aromatic N) is 4. The van der Waals surface area contributed by atoms with E-state index in [1.807, 2.05) is 25.2 Å². The smallest absolute Gasteiger partial charge is 0.223 e. The fraction of sp³-hybridized carbons (Fsp3) is 0.333. The molecule has 2 heterocycles. The van der Waals surface area contributed by atoms with Crippen LogP contribution in [-0.4, -0.2) is 38.7 Å². The van der Waals surface area contributed by atoms with Gasteiger partial charge in [0.25, 0.3) is 0 Å².